The van der Waals surface area contributed by atoms with Crippen molar-refractivity contribution in [1.82, 2.24) is 9.80 Å². The molecule has 0 aromatic rings. The molecule has 0 bridgehead atoms. The van der Waals surface area contributed by atoms with Gasteiger partial charge in [0.05, 0.1) is 13.2 Å². The fraction of sp³-hybridized carbons (Fsp3) is 1.00. The molecule has 14 heavy (non-hydrogen) atoms. The van der Waals surface area contributed by atoms with E-state index in [1.807, 2.05) is 14.1 Å². The van der Waals surface area contributed by atoms with Gasteiger partial charge < -0.3 is 9.47 Å². The van der Waals surface area contributed by atoms with Crippen molar-refractivity contribution >= 4 is 0 Å². The Kier molecular flexibility index (Phi) is 4.81. The van der Waals surface area contributed by atoms with Crippen LogP contribution in [0.15, 0.2) is 0 Å². The van der Waals surface area contributed by atoms with Gasteiger partial charge in [-0.3, -0.25) is 9.80 Å². The Hall–Kier alpha value is -0.160. The zero-order valence-corrected chi connectivity index (χ0v) is 9.69. The molecule has 0 saturated carbocycles. The first-order valence-electron chi connectivity index (χ1n) is 5.25. The van der Waals surface area contributed by atoms with Gasteiger partial charge in [0.15, 0.2) is 0 Å². The van der Waals surface area contributed by atoms with Crippen LogP contribution in [0.1, 0.15) is 13.8 Å². The van der Waals surface area contributed by atoms with Crippen molar-refractivity contribution in [3.63, 3.8) is 0 Å². The van der Waals surface area contributed by atoms with E-state index < -0.39 is 0 Å². The van der Waals surface area contributed by atoms with Crippen molar-refractivity contribution in [2.75, 3.05) is 40.4 Å². The Bertz CT molecular complexity index is 158. The number of rotatable bonds is 4. The lowest BCUT2D eigenvalue weighted by Gasteiger charge is -2.34. The number of hydrogen-bond donors (Lipinski definition) is 0. The molecule has 0 N–H and O–H groups in total. The van der Waals surface area contributed by atoms with Crippen LogP contribution in [-0.4, -0.2) is 62.7 Å². The van der Waals surface area contributed by atoms with E-state index in [0.29, 0.717) is 0 Å². The molecular formula is C10H22N2O2. The van der Waals surface area contributed by atoms with Gasteiger partial charge in [-0.2, -0.15) is 0 Å². The highest BCUT2D eigenvalue weighted by Crippen LogP contribution is 2.08. The van der Waals surface area contributed by atoms with Gasteiger partial charge in [0, 0.05) is 13.1 Å². The summed E-state index contributed by atoms with van der Waals surface area (Å²) in [6, 6.07) is 0. The van der Waals surface area contributed by atoms with Crippen LogP contribution in [0.3, 0.4) is 0 Å². The van der Waals surface area contributed by atoms with Crippen LogP contribution in [0.25, 0.3) is 0 Å². The monoisotopic (exact) mass is 202 g/mol. The Morgan fingerprint density at radius 3 is 2.29 bits per heavy atom. The van der Waals surface area contributed by atoms with E-state index >= 15 is 0 Å². The fourth-order valence-corrected chi connectivity index (χ4v) is 1.43. The van der Waals surface area contributed by atoms with E-state index in [4.69, 9.17) is 9.47 Å². The summed E-state index contributed by atoms with van der Waals surface area (Å²) < 4.78 is 11.1. The average molecular weight is 202 g/mol. The van der Waals surface area contributed by atoms with Crippen LogP contribution in [-0.2, 0) is 9.47 Å². The molecule has 0 aromatic carbocycles. The van der Waals surface area contributed by atoms with Crippen LogP contribution in [0.4, 0.5) is 0 Å². The van der Waals surface area contributed by atoms with Crippen LogP contribution in [0.5, 0.6) is 0 Å². The lowest BCUT2D eigenvalue weighted by molar-refractivity contribution is -0.144. The molecule has 2 atom stereocenters. The minimum Gasteiger partial charge on any atom is -0.379 e. The summed E-state index contributed by atoms with van der Waals surface area (Å²) in [5.74, 6) is 0. The molecule has 2 unspecified atom stereocenters. The summed E-state index contributed by atoms with van der Waals surface area (Å²) in [5.41, 5.74) is 0. The molecule has 1 fully saturated rings. The van der Waals surface area contributed by atoms with E-state index in [9.17, 15) is 0 Å². The van der Waals surface area contributed by atoms with E-state index in [0.717, 1.165) is 26.3 Å². The number of ether oxygens (including phenoxy) is 2. The third-order valence-electron chi connectivity index (χ3n) is 2.68. The third kappa shape index (κ3) is 3.53. The first-order valence-corrected chi connectivity index (χ1v) is 5.25. The molecule has 0 aliphatic carbocycles. The van der Waals surface area contributed by atoms with Crippen LogP contribution >= 0.6 is 0 Å². The normalized spacial score (nSPS) is 23.8. The highest BCUT2D eigenvalue weighted by Gasteiger charge is 2.19. The second kappa shape index (κ2) is 5.66. The van der Waals surface area contributed by atoms with Crippen molar-refractivity contribution in [2.45, 2.75) is 26.3 Å². The first-order chi connectivity index (χ1) is 6.61. The van der Waals surface area contributed by atoms with Crippen molar-refractivity contribution in [2.24, 2.45) is 0 Å². The summed E-state index contributed by atoms with van der Waals surface area (Å²) >= 11 is 0. The van der Waals surface area contributed by atoms with Crippen molar-refractivity contribution < 1.29 is 9.47 Å². The van der Waals surface area contributed by atoms with Gasteiger partial charge in [-0.1, -0.05) is 0 Å². The standard InChI is InChI=1S/C10H22N2O2/c1-9(11(3)4)14-10(2)12-5-7-13-8-6-12/h9-10H,5-8H2,1-4H3. The number of hydrogen-bond acceptors (Lipinski definition) is 4. The molecule has 4 heteroatoms. The predicted molar refractivity (Wildman–Crippen MR) is 56.1 cm³/mol. The molecule has 1 heterocycles. The summed E-state index contributed by atoms with van der Waals surface area (Å²) in [4.78, 5) is 4.38. The van der Waals surface area contributed by atoms with Gasteiger partial charge in [0.1, 0.15) is 12.5 Å². The average Bonchev–Trinajstić information content (AvgIpc) is 2.19. The van der Waals surface area contributed by atoms with Crippen LogP contribution in [0.2, 0.25) is 0 Å². The smallest absolute Gasteiger partial charge is 0.110 e. The predicted octanol–water partition coefficient (Wildman–Crippen LogP) is 0.589. The third-order valence-corrected chi connectivity index (χ3v) is 2.68. The van der Waals surface area contributed by atoms with Gasteiger partial charge in [0.2, 0.25) is 0 Å². The molecule has 1 rings (SSSR count). The van der Waals surface area contributed by atoms with E-state index in [2.05, 4.69) is 23.6 Å². The zero-order chi connectivity index (χ0) is 10.6. The van der Waals surface area contributed by atoms with E-state index in [1.54, 1.807) is 0 Å². The summed E-state index contributed by atoms with van der Waals surface area (Å²) in [5, 5.41) is 0. The topological polar surface area (TPSA) is 24.9 Å². The maximum Gasteiger partial charge on any atom is 0.110 e. The van der Waals surface area contributed by atoms with E-state index in [-0.39, 0.29) is 12.5 Å². The Morgan fingerprint density at radius 2 is 1.79 bits per heavy atom. The largest absolute Gasteiger partial charge is 0.379 e. The lowest BCUT2D eigenvalue weighted by Crippen LogP contribution is -2.46. The van der Waals surface area contributed by atoms with Gasteiger partial charge >= 0.3 is 0 Å². The molecular weight excluding hydrogens is 180 g/mol. The number of morpholine rings is 1. The van der Waals surface area contributed by atoms with Gasteiger partial charge in [-0.05, 0) is 27.9 Å². The lowest BCUT2D eigenvalue weighted by atomic mass is 10.4. The second-order valence-electron chi connectivity index (χ2n) is 3.95. The molecule has 0 spiro atoms. The maximum atomic E-state index is 5.85. The minimum atomic E-state index is 0.160. The second-order valence-corrected chi connectivity index (χ2v) is 3.95. The van der Waals surface area contributed by atoms with Crippen molar-refractivity contribution in [1.29, 1.82) is 0 Å². The molecule has 0 aromatic heterocycles. The van der Waals surface area contributed by atoms with Crippen LogP contribution in [0, 0.1) is 0 Å². The summed E-state index contributed by atoms with van der Waals surface area (Å²) in [6.45, 7) is 7.76. The van der Waals surface area contributed by atoms with Crippen molar-refractivity contribution in [3.05, 3.63) is 0 Å². The highest BCUT2D eigenvalue weighted by molar-refractivity contribution is 4.64. The summed E-state index contributed by atoms with van der Waals surface area (Å²) in [6.07, 6.45) is 0.337. The van der Waals surface area contributed by atoms with Gasteiger partial charge in [0.25, 0.3) is 0 Å². The Balaban J connectivity index is 2.28. The Labute approximate surface area is 86.8 Å². The molecule has 1 aliphatic rings. The minimum absolute atomic E-state index is 0.160. The maximum absolute atomic E-state index is 5.85. The van der Waals surface area contributed by atoms with Crippen molar-refractivity contribution in [3.8, 4) is 0 Å². The molecule has 0 amide bonds. The molecule has 1 aliphatic heterocycles. The summed E-state index contributed by atoms with van der Waals surface area (Å²) in [7, 11) is 4.05. The first kappa shape index (κ1) is 11.9. The fourth-order valence-electron chi connectivity index (χ4n) is 1.43. The zero-order valence-electron chi connectivity index (χ0n) is 9.69. The molecule has 0 radical (unpaired) electrons. The van der Waals surface area contributed by atoms with E-state index in [1.165, 1.54) is 0 Å². The molecule has 84 valence electrons. The molecule has 1 saturated heterocycles. The quantitative estimate of drug-likeness (QED) is 0.623. The van der Waals surface area contributed by atoms with Gasteiger partial charge in [-0.15, -0.1) is 0 Å². The number of nitrogens with zero attached hydrogens (tertiary/aromatic N) is 2. The Morgan fingerprint density at radius 1 is 1.21 bits per heavy atom. The highest BCUT2D eigenvalue weighted by atomic mass is 16.5. The molecule has 4 nitrogen and oxygen atoms in total. The van der Waals surface area contributed by atoms with Crippen LogP contribution < -0.4 is 0 Å². The van der Waals surface area contributed by atoms with Gasteiger partial charge in [-0.25, -0.2) is 0 Å². The SMILES string of the molecule is CC(OC(C)N1CCOCC1)N(C)C.